The predicted octanol–water partition coefficient (Wildman–Crippen LogP) is 1.84. The molecule has 1 aliphatic carbocycles. The van der Waals surface area contributed by atoms with Gasteiger partial charge in [-0.3, -0.25) is 0 Å². The number of piperidine rings is 1. The zero-order chi connectivity index (χ0) is 13.1. The Balaban J connectivity index is 1.79. The number of likely N-dealkylation sites (tertiary alicyclic amines) is 1. The molecule has 1 heterocycles. The average molecular weight is 254 g/mol. The highest BCUT2D eigenvalue weighted by Gasteiger charge is 2.29. The summed E-state index contributed by atoms with van der Waals surface area (Å²) in [6, 6.07) is 0.309. The molecule has 0 aromatic rings. The minimum absolute atomic E-state index is 0.161. The van der Waals surface area contributed by atoms with Gasteiger partial charge in [-0.05, 0) is 43.4 Å². The molecular weight excluding hydrogens is 224 g/mol. The van der Waals surface area contributed by atoms with Crippen molar-refractivity contribution in [2.24, 2.45) is 23.5 Å². The summed E-state index contributed by atoms with van der Waals surface area (Å²) in [5, 5.41) is 10.0. The van der Waals surface area contributed by atoms with Crippen LogP contribution in [0.25, 0.3) is 0 Å². The van der Waals surface area contributed by atoms with Crippen molar-refractivity contribution < 1.29 is 5.11 Å². The zero-order valence-electron chi connectivity index (χ0n) is 12.0. The van der Waals surface area contributed by atoms with Crippen molar-refractivity contribution in [3.8, 4) is 0 Å². The molecule has 3 nitrogen and oxygen atoms in total. The molecule has 0 bridgehead atoms. The highest BCUT2D eigenvalue weighted by molar-refractivity contribution is 4.85. The van der Waals surface area contributed by atoms with Crippen molar-refractivity contribution in [1.29, 1.82) is 0 Å². The average Bonchev–Trinajstić information content (AvgIpc) is 2.22. The lowest BCUT2D eigenvalue weighted by Crippen LogP contribution is -2.49. The molecule has 0 spiro atoms. The summed E-state index contributed by atoms with van der Waals surface area (Å²) in [7, 11) is 0. The van der Waals surface area contributed by atoms with Crippen LogP contribution in [-0.2, 0) is 0 Å². The van der Waals surface area contributed by atoms with Crippen LogP contribution < -0.4 is 5.73 Å². The maximum atomic E-state index is 10.0. The van der Waals surface area contributed by atoms with Gasteiger partial charge in [0.1, 0.15) is 0 Å². The van der Waals surface area contributed by atoms with Crippen molar-refractivity contribution in [2.75, 3.05) is 19.6 Å². The summed E-state index contributed by atoms with van der Waals surface area (Å²) in [5.41, 5.74) is 6.18. The topological polar surface area (TPSA) is 49.5 Å². The molecule has 2 rings (SSSR count). The molecule has 3 unspecified atom stereocenters. The van der Waals surface area contributed by atoms with Crippen LogP contribution in [0, 0.1) is 17.8 Å². The van der Waals surface area contributed by atoms with E-state index in [0.29, 0.717) is 17.9 Å². The molecule has 2 aliphatic rings. The molecular formula is C15H30N2O. The first-order chi connectivity index (χ1) is 8.54. The van der Waals surface area contributed by atoms with Gasteiger partial charge in [-0.2, -0.15) is 0 Å². The predicted molar refractivity (Wildman–Crippen MR) is 75.3 cm³/mol. The smallest absolute Gasteiger partial charge is 0.0566 e. The van der Waals surface area contributed by atoms with Gasteiger partial charge in [0.05, 0.1) is 6.10 Å². The van der Waals surface area contributed by atoms with Crippen LogP contribution in [0.15, 0.2) is 0 Å². The van der Waals surface area contributed by atoms with Crippen LogP contribution in [0.2, 0.25) is 0 Å². The maximum absolute atomic E-state index is 10.0. The summed E-state index contributed by atoms with van der Waals surface area (Å²) in [6.07, 6.45) is 6.08. The SMILES string of the molecule is CC(C)C(O)CC1CC(N)CN(CC2CCC2)C1. The van der Waals surface area contributed by atoms with Crippen molar-refractivity contribution in [1.82, 2.24) is 4.90 Å². The van der Waals surface area contributed by atoms with E-state index in [0.717, 1.165) is 31.8 Å². The van der Waals surface area contributed by atoms with Crippen LogP contribution in [0.5, 0.6) is 0 Å². The Hall–Kier alpha value is -0.120. The van der Waals surface area contributed by atoms with Crippen LogP contribution in [-0.4, -0.2) is 41.8 Å². The molecule has 2 fully saturated rings. The second-order valence-electron chi connectivity index (χ2n) is 6.92. The van der Waals surface area contributed by atoms with E-state index in [4.69, 9.17) is 5.73 Å². The molecule has 106 valence electrons. The molecule has 0 amide bonds. The molecule has 3 atom stereocenters. The molecule has 0 aromatic carbocycles. The third-order valence-electron chi connectivity index (χ3n) is 4.73. The van der Waals surface area contributed by atoms with Crippen LogP contribution in [0.4, 0.5) is 0 Å². The largest absolute Gasteiger partial charge is 0.393 e. The van der Waals surface area contributed by atoms with Crippen molar-refractivity contribution in [3.63, 3.8) is 0 Å². The summed E-state index contributed by atoms with van der Waals surface area (Å²) < 4.78 is 0. The molecule has 3 N–H and O–H groups in total. The highest BCUT2D eigenvalue weighted by Crippen LogP contribution is 2.29. The van der Waals surface area contributed by atoms with Crippen LogP contribution >= 0.6 is 0 Å². The molecule has 0 radical (unpaired) electrons. The minimum atomic E-state index is -0.161. The number of aliphatic hydroxyl groups excluding tert-OH is 1. The summed E-state index contributed by atoms with van der Waals surface area (Å²) in [5.74, 6) is 1.88. The number of rotatable bonds is 5. The standard InChI is InChI=1S/C15H30N2O/c1-11(2)15(18)7-13-6-14(16)10-17(9-13)8-12-4-3-5-12/h11-15,18H,3-10,16H2,1-2H3. The van der Waals surface area contributed by atoms with E-state index in [-0.39, 0.29) is 6.10 Å². The fraction of sp³-hybridized carbons (Fsp3) is 1.00. The van der Waals surface area contributed by atoms with E-state index < -0.39 is 0 Å². The van der Waals surface area contributed by atoms with Gasteiger partial charge in [0.15, 0.2) is 0 Å². The van der Waals surface area contributed by atoms with E-state index in [2.05, 4.69) is 18.7 Å². The molecule has 1 aliphatic heterocycles. The third kappa shape index (κ3) is 3.94. The lowest BCUT2D eigenvalue weighted by atomic mass is 9.83. The van der Waals surface area contributed by atoms with E-state index in [1.807, 2.05) is 0 Å². The van der Waals surface area contributed by atoms with E-state index >= 15 is 0 Å². The first-order valence-corrected chi connectivity index (χ1v) is 7.70. The lowest BCUT2D eigenvalue weighted by Gasteiger charge is -2.40. The second-order valence-corrected chi connectivity index (χ2v) is 6.92. The second kappa shape index (κ2) is 6.36. The van der Waals surface area contributed by atoms with Crippen LogP contribution in [0.3, 0.4) is 0 Å². The molecule has 1 saturated heterocycles. The van der Waals surface area contributed by atoms with Gasteiger partial charge in [-0.15, -0.1) is 0 Å². The maximum Gasteiger partial charge on any atom is 0.0566 e. The fourth-order valence-corrected chi connectivity index (χ4v) is 3.32. The quantitative estimate of drug-likeness (QED) is 0.787. The molecule has 3 heteroatoms. The number of aliphatic hydroxyl groups is 1. The van der Waals surface area contributed by atoms with E-state index in [1.165, 1.54) is 25.8 Å². The first kappa shape index (κ1) is 14.3. The minimum Gasteiger partial charge on any atom is -0.393 e. The number of nitrogens with zero attached hydrogens (tertiary/aromatic N) is 1. The normalized spacial score (nSPS) is 32.5. The lowest BCUT2D eigenvalue weighted by molar-refractivity contribution is 0.0562. The summed E-state index contributed by atoms with van der Waals surface area (Å²) >= 11 is 0. The highest BCUT2D eigenvalue weighted by atomic mass is 16.3. The van der Waals surface area contributed by atoms with Gasteiger partial charge >= 0.3 is 0 Å². The van der Waals surface area contributed by atoms with Crippen molar-refractivity contribution >= 4 is 0 Å². The van der Waals surface area contributed by atoms with Gasteiger partial charge < -0.3 is 15.7 Å². The van der Waals surface area contributed by atoms with Crippen molar-refractivity contribution in [2.45, 2.75) is 58.1 Å². The fourth-order valence-electron chi connectivity index (χ4n) is 3.32. The third-order valence-corrected chi connectivity index (χ3v) is 4.73. The molecule has 1 saturated carbocycles. The first-order valence-electron chi connectivity index (χ1n) is 7.70. The van der Waals surface area contributed by atoms with Gasteiger partial charge in [-0.1, -0.05) is 20.3 Å². The van der Waals surface area contributed by atoms with E-state index in [9.17, 15) is 5.11 Å². The monoisotopic (exact) mass is 254 g/mol. The summed E-state index contributed by atoms with van der Waals surface area (Å²) in [4.78, 5) is 2.55. The Morgan fingerprint density at radius 1 is 1.22 bits per heavy atom. The van der Waals surface area contributed by atoms with Crippen molar-refractivity contribution in [3.05, 3.63) is 0 Å². The number of nitrogens with two attached hydrogens (primary N) is 1. The number of hydrogen-bond acceptors (Lipinski definition) is 3. The Bertz CT molecular complexity index is 253. The zero-order valence-corrected chi connectivity index (χ0v) is 12.0. The molecule has 0 aromatic heterocycles. The Morgan fingerprint density at radius 2 is 1.94 bits per heavy atom. The Kier molecular flexibility index (Phi) is 5.05. The number of hydrogen-bond donors (Lipinski definition) is 2. The van der Waals surface area contributed by atoms with E-state index in [1.54, 1.807) is 0 Å². The van der Waals surface area contributed by atoms with Gasteiger partial charge in [0.2, 0.25) is 0 Å². The van der Waals surface area contributed by atoms with Gasteiger partial charge in [0.25, 0.3) is 0 Å². The van der Waals surface area contributed by atoms with Gasteiger partial charge in [-0.25, -0.2) is 0 Å². The summed E-state index contributed by atoms with van der Waals surface area (Å²) in [6.45, 7) is 7.64. The Labute approximate surface area is 112 Å². The van der Waals surface area contributed by atoms with Crippen LogP contribution in [0.1, 0.15) is 46.0 Å². The van der Waals surface area contributed by atoms with Gasteiger partial charge in [0, 0.05) is 25.7 Å². The Morgan fingerprint density at radius 3 is 2.50 bits per heavy atom. The molecule has 18 heavy (non-hydrogen) atoms.